The normalized spacial score (nSPS) is 11.3. The first-order valence-electron chi connectivity index (χ1n) is 5.57. The van der Waals surface area contributed by atoms with Gasteiger partial charge in [0.05, 0.1) is 24.1 Å². The van der Waals surface area contributed by atoms with Crippen molar-refractivity contribution in [1.82, 2.24) is 9.97 Å². The van der Waals surface area contributed by atoms with Gasteiger partial charge in [0.1, 0.15) is 5.82 Å². The summed E-state index contributed by atoms with van der Waals surface area (Å²) in [5, 5.41) is 8.07. The quantitative estimate of drug-likeness (QED) is 0.653. The second-order valence-corrected chi connectivity index (χ2v) is 5.37. The van der Waals surface area contributed by atoms with Gasteiger partial charge < -0.3 is 10.3 Å². The van der Waals surface area contributed by atoms with Gasteiger partial charge in [-0.15, -0.1) is 0 Å². The topological polar surface area (TPSA) is 113 Å². The number of H-pyrrole nitrogens is 1. The van der Waals surface area contributed by atoms with E-state index in [1.807, 2.05) is 13.0 Å². The highest BCUT2D eigenvalue weighted by Crippen LogP contribution is 2.16. The summed E-state index contributed by atoms with van der Waals surface area (Å²) in [5.41, 5.74) is 2.14. The molecule has 0 radical (unpaired) electrons. The van der Waals surface area contributed by atoms with Crippen LogP contribution in [0.3, 0.4) is 0 Å². The summed E-state index contributed by atoms with van der Waals surface area (Å²) in [6.45, 7) is 2.44. The van der Waals surface area contributed by atoms with Crippen molar-refractivity contribution in [3.63, 3.8) is 0 Å². The largest absolute Gasteiger partial charge is 0.379 e. The molecule has 5 N–H and O–H groups in total. The predicted octanol–water partition coefficient (Wildman–Crippen LogP) is 0.946. The molecule has 1 heterocycles. The summed E-state index contributed by atoms with van der Waals surface area (Å²) in [6.07, 6.45) is 1.74. The highest BCUT2D eigenvalue weighted by molar-refractivity contribution is 7.90. The van der Waals surface area contributed by atoms with E-state index in [1.165, 1.54) is 0 Å². The number of imidazole rings is 1. The zero-order valence-corrected chi connectivity index (χ0v) is 11.2. The average molecular weight is 281 g/mol. The highest BCUT2D eigenvalue weighted by atomic mass is 32.2. The summed E-state index contributed by atoms with van der Waals surface area (Å²) in [7, 11) is -3.75. The van der Waals surface area contributed by atoms with E-state index in [0.717, 1.165) is 17.2 Å². The first kappa shape index (κ1) is 13.4. The Bertz CT molecular complexity index is 665. The fourth-order valence-corrected chi connectivity index (χ4v) is 2.07. The van der Waals surface area contributed by atoms with Gasteiger partial charge >= 0.3 is 0 Å². The first-order chi connectivity index (χ1) is 8.92. The van der Waals surface area contributed by atoms with E-state index in [0.29, 0.717) is 12.2 Å². The number of nitrogens with one attached hydrogen (secondary N) is 3. The van der Waals surface area contributed by atoms with Crippen LogP contribution in [-0.4, -0.2) is 18.4 Å². The second-order valence-electron chi connectivity index (χ2n) is 4.08. The van der Waals surface area contributed by atoms with E-state index in [4.69, 9.17) is 5.14 Å². The van der Waals surface area contributed by atoms with Crippen LogP contribution in [0.15, 0.2) is 30.5 Å². The molecule has 8 heteroatoms. The number of nitrogens with zero attached hydrogens (tertiary/aromatic N) is 1. The summed E-state index contributed by atoms with van der Waals surface area (Å²) in [5.74, 6) is 0.849. The number of benzene rings is 1. The maximum atomic E-state index is 10.9. The van der Waals surface area contributed by atoms with Gasteiger partial charge in [0.2, 0.25) is 0 Å². The molecular formula is C11H15N5O2S. The number of aryl methyl sites for hydroxylation is 1. The fraction of sp³-hybridized carbons (Fsp3) is 0.182. The van der Waals surface area contributed by atoms with Crippen LogP contribution in [0.5, 0.6) is 0 Å². The maximum Gasteiger partial charge on any atom is 0.296 e. The standard InChI is InChI=1S/C11H15N5O2S/c1-8-13-6-11(15-8)7-14-9-3-2-4-10(5-9)16-19(12,17)18/h2-6,14,16H,7H2,1H3,(H,13,15)(H2,12,17,18). The fourth-order valence-electron chi connectivity index (χ4n) is 1.62. The molecular weight excluding hydrogens is 266 g/mol. The summed E-state index contributed by atoms with van der Waals surface area (Å²) in [6, 6.07) is 6.84. The summed E-state index contributed by atoms with van der Waals surface area (Å²) in [4.78, 5) is 7.19. The molecule has 0 spiro atoms. The number of aromatic nitrogens is 2. The van der Waals surface area contributed by atoms with Gasteiger partial charge in [-0.2, -0.15) is 8.42 Å². The molecule has 2 aromatic rings. The van der Waals surface area contributed by atoms with Crippen LogP contribution in [0.25, 0.3) is 0 Å². The Morgan fingerprint density at radius 3 is 2.74 bits per heavy atom. The molecule has 102 valence electrons. The van der Waals surface area contributed by atoms with Crippen molar-refractivity contribution in [1.29, 1.82) is 0 Å². The third-order valence-electron chi connectivity index (χ3n) is 2.36. The van der Waals surface area contributed by atoms with Crippen molar-refractivity contribution in [3.8, 4) is 0 Å². The van der Waals surface area contributed by atoms with Gasteiger partial charge in [0, 0.05) is 5.69 Å². The van der Waals surface area contributed by atoms with Crippen LogP contribution >= 0.6 is 0 Å². The van der Waals surface area contributed by atoms with Crippen LogP contribution in [-0.2, 0) is 16.8 Å². The number of anilines is 2. The van der Waals surface area contributed by atoms with Crippen LogP contribution in [0, 0.1) is 6.92 Å². The van der Waals surface area contributed by atoms with E-state index in [2.05, 4.69) is 20.0 Å². The molecule has 2 rings (SSSR count). The third-order valence-corrected chi connectivity index (χ3v) is 2.88. The van der Waals surface area contributed by atoms with Crippen molar-refractivity contribution >= 4 is 21.6 Å². The second kappa shape index (κ2) is 5.29. The van der Waals surface area contributed by atoms with Crippen LogP contribution in [0.2, 0.25) is 0 Å². The van der Waals surface area contributed by atoms with Crippen LogP contribution in [0.1, 0.15) is 11.5 Å². The number of hydrogen-bond donors (Lipinski definition) is 4. The monoisotopic (exact) mass is 281 g/mol. The van der Waals surface area contributed by atoms with E-state index in [9.17, 15) is 8.42 Å². The van der Waals surface area contributed by atoms with Gasteiger partial charge in [-0.25, -0.2) is 10.1 Å². The van der Waals surface area contributed by atoms with Crippen molar-refractivity contribution < 1.29 is 8.42 Å². The molecule has 1 aromatic heterocycles. The maximum absolute atomic E-state index is 10.9. The molecule has 0 aliphatic rings. The van der Waals surface area contributed by atoms with Crippen molar-refractivity contribution in [3.05, 3.63) is 42.0 Å². The van der Waals surface area contributed by atoms with E-state index in [-0.39, 0.29) is 0 Å². The SMILES string of the molecule is Cc1ncc(CNc2cccc(NS(N)(=O)=O)c2)[nH]1. The first-order valence-corrected chi connectivity index (χ1v) is 7.12. The van der Waals surface area contributed by atoms with Gasteiger partial charge in [0.25, 0.3) is 10.2 Å². The predicted molar refractivity (Wildman–Crippen MR) is 73.8 cm³/mol. The molecule has 0 saturated heterocycles. The molecule has 0 bridgehead atoms. The lowest BCUT2D eigenvalue weighted by Gasteiger charge is -2.08. The Hall–Kier alpha value is -2.06. The van der Waals surface area contributed by atoms with E-state index in [1.54, 1.807) is 24.4 Å². The lowest BCUT2D eigenvalue weighted by molar-refractivity contribution is 0.603. The number of aromatic amines is 1. The van der Waals surface area contributed by atoms with Gasteiger partial charge in [-0.05, 0) is 25.1 Å². The molecule has 7 nitrogen and oxygen atoms in total. The molecule has 0 saturated carbocycles. The van der Waals surface area contributed by atoms with Crippen LogP contribution < -0.4 is 15.2 Å². The molecule has 0 aliphatic carbocycles. The molecule has 0 unspecified atom stereocenters. The van der Waals surface area contributed by atoms with Crippen molar-refractivity contribution in [2.75, 3.05) is 10.0 Å². The zero-order chi connectivity index (χ0) is 13.9. The third kappa shape index (κ3) is 4.27. The zero-order valence-electron chi connectivity index (χ0n) is 10.3. The molecule has 0 amide bonds. The molecule has 0 atom stereocenters. The Balaban J connectivity index is 2.03. The lowest BCUT2D eigenvalue weighted by Crippen LogP contribution is -2.21. The van der Waals surface area contributed by atoms with Crippen LogP contribution in [0.4, 0.5) is 11.4 Å². The smallest absolute Gasteiger partial charge is 0.296 e. The molecule has 19 heavy (non-hydrogen) atoms. The molecule has 0 fully saturated rings. The number of hydrogen-bond acceptors (Lipinski definition) is 4. The average Bonchev–Trinajstić information content (AvgIpc) is 2.71. The minimum atomic E-state index is -3.75. The van der Waals surface area contributed by atoms with Gasteiger partial charge in [-0.1, -0.05) is 6.07 Å². The minimum Gasteiger partial charge on any atom is -0.379 e. The lowest BCUT2D eigenvalue weighted by atomic mass is 10.3. The molecule has 1 aromatic carbocycles. The van der Waals surface area contributed by atoms with E-state index < -0.39 is 10.2 Å². The minimum absolute atomic E-state index is 0.410. The molecule has 0 aliphatic heterocycles. The Morgan fingerprint density at radius 1 is 1.37 bits per heavy atom. The van der Waals surface area contributed by atoms with Gasteiger partial charge in [0.15, 0.2) is 0 Å². The van der Waals surface area contributed by atoms with E-state index >= 15 is 0 Å². The number of nitrogens with two attached hydrogens (primary N) is 1. The van der Waals surface area contributed by atoms with Crippen molar-refractivity contribution in [2.24, 2.45) is 5.14 Å². The highest BCUT2D eigenvalue weighted by Gasteiger charge is 2.03. The van der Waals surface area contributed by atoms with Gasteiger partial charge in [-0.3, -0.25) is 4.72 Å². The Morgan fingerprint density at radius 2 is 2.11 bits per heavy atom. The summed E-state index contributed by atoms with van der Waals surface area (Å²) < 4.78 is 24.1. The Labute approximate surface area is 111 Å². The Kier molecular flexibility index (Phi) is 3.72. The number of rotatable bonds is 5. The van der Waals surface area contributed by atoms with Crippen molar-refractivity contribution in [2.45, 2.75) is 13.5 Å². The summed E-state index contributed by atoms with van der Waals surface area (Å²) >= 11 is 0.